The number of ether oxygens (including phenoxy) is 1. The number of thioether (sulfide) groups is 1. The molecule has 1 aliphatic heterocycles. The summed E-state index contributed by atoms with van der Waals surface area (Å²) in [6, 6.07) is 17.5. The number of amides is 2. The number of hydrogen-bond acceptors (Lipinski definition) is 4. The first-order chi connectivity index (χ1) is 15.3. The van der Waals surface area contributed by atoms with Crippen molar-refractivity contribution in [3.63, 3.8) is 0 Å². The molecule has 4 nitrogen and oxygen atoms in total. The Bertz CT molecular complexity index is 1260. The average molecular weight is 617 g/mol. The van der Waals surface area contributed by atoms with Gasteiger partial charge in [-0.05, 0) is 94.0 Å². The molecule has 0 aliphatic carbocycles. The zero-order valence-electron chi connectivity index (χ0n) is 16.2. The highest BCUT2D eigenvalue weighted by atomic mass is 127. The number of carbonyl (C=O) groups is 2. The molecule has 0 N–H and O–H groups in total. The van der Waals surface area contributed by atoms with Gasteiger partial charge in [0.25, 0.3) is 11.1 Å². The molecule has 1 heterocycles. The lowest BCUT2D eigenvalue weighted by molar-refractivity contribution is -0.113. The van der Waals surface area contributed by atoms with Crippen LogP contribution in [-0.4, -0.2) is 11.1 Å². The smallest absolute Gasteiger partial charge is 0.298 e. The number of nitrogens with zero attached hydrogens (tertiary/aromatic N) is 1. The number of anilines is 1. The fourth-order valence-electron chi connectivity index (χ4n) is 2.97. The molecule has 0 aromatic heterocycles. The molecule has 1 fully saturated rings. The average Bonchev–Trinajstić information content (AvgIpc) is 3.02. The number of halogens is 4. The molecule has 32 heavy (non-hydrogen) atoms. The van der Waals surface area contributed by atoms with Crippen molar-refractivity contribution in [2.24, 2.45) is 0 Å². The quantitative estimate of drug-likeness (QED) is 0.215. The number of benzene rings is 3. The maximum Gasteiger partial charge on any atom is 0.298 e. The van der Waals surface area contributed by atoms with E-state index in [9.17, 15) is 9.59 Å². The van der Waals surface area contributed by atoms with Crippen LogP contribution in [0, 0.1) is 3.57 Å². The molecule has 1 aliphatic rings. The Kier molecular flexibility index (Phi) is 7.37. The van der Waals surface area contributed by atoms with E-state index in [4.69, 9.17) is 39.5 Å². The topological polar surface area (TPSA) is 46.6 Å². The van der Waals surface area contributed by atoms with Gasteiger partial charge in [-0.25, -0.2) is 4.90 Å². The summed E-state index contributed by atoms with van der Waals surface area (Å²) < 4.78 is 6.76. The minimum Gasteiger partial charge on any atom is -0.488 e. The summed E-state index contributed by atoms with van der Waals surface area (Å²) in [5.41, 5.74) is 2.13. The van der Waals surface area contributed by atoms with Gasteiger partial charge in [0, 0.05) is 5.02 Å². The van der Waals surface area contributed by atoms with Crippen molar-refractivity contribution in [3.05, 3.63) is 95.3 Å². The molecule has 3 aromatic rings. The summed E-state index contributed by atoms with van der Waals surface area (Å²) in [7, 11) is 0. The molecule has 3 aromatic carbocycles. The third kappa shape index (κ3) is 5.26. The predicted molar refractivity (Wildman–Crippen MR) is 140 cm³/mol. The van der Waals surface area contributed by atoms with Crippen molar-refractivity contribution in [1.82, 2.24) is 0 Å². The Morgan fingerprint density at radius 2 is 1.78 bits per heavy atom. The van der Waals surface area contributed by atoms with Crippen molar-refractivity contribution in [1.29, 1.82) is 0 Å². The van der Waals surface area contributed by atoms with Crippen LogP contribution in [0.4, 0.5) is 10.5 Å². The van der Waals surface area contributed by atoms with Crippen LogP contribution in [0.25, 0.3) is 6.08 Å². The summed E-state index contributed by atoms with van der Waals surface area (Å²) in [5.74, 6) is 0.318. The van der Waals surface area contributed by atoms with E-state index in [2.05, 4.69) is 22.6 Å². The van der Waals surface area contributed by atoms with Gasteiger partial charge in [0.1, 0.15) is 12.4 Å². The molecule has 0 saturated carbocycles. The number of rotatable bonds is 5. The molecule has 2 amide bonds. The van der Waals surface area contributed by atoms with Crippen LogP contribution in [-0.2, 0) is 11.4 Å². The Morgan fingerprint density at radius 3 is 2.50 bits per heavy atom. The normalized spacial score (nSPS) is 15.0. The van der Waals surface area contributed by atoms with Crippen LogP contribution < -0.4 is 9.64 Å². The van der Waals surface area contributed by atoms with Gasteiger partial charge in [0.2, 0.25) is 0 Å². The summed E-state index contributed by atoms with van der Waals surface area (Å²) in [4.78, 5) is 26.7. The Balaban J connectivity index is 1.49. The fourth-order valence-corrected chi connectivity index (χ4v) is 5.01. The van der Waals surface area contributed by atoms with Crippen molar-refractivity contribution < 1.29 is 14.3 Å². The van der Waals surface area contributed by atoms with Crippen molar-refractivity contribution in [3.8, 4) is 5.75 Å². The van der Waals surface area contributed by atoms with E-state index in [-0.39, 0.29) is 11.1 Å². The van der Waals surface area contributed by atoms with Crippen LogP contribution in [0.3, 0.4) is 0 Å². The van der Waals surface area contributed by atoms with E-state index >= 15 is 0 Å². The van der Waals surface area contributed by atoms with E-state index in [0.717, 1.165) is 31.4 Å². The largest absolute Gasteiger partial charge is 0.488 e. The maximum atomic E-state index is 12.8. The molecule has 1 saturated heterocycles. The van der Waals surface area contributed by atoms with Crippen LogP contribution in [0.2, 0.25) is 15.1 Å². The highest BCUT2D eigenvalue weighted by Crippen LogP contribution is 2.37. The van der Waals surface area contributed by atoms with Crippen LogP contribution in [0.5, 0.6) is 5.75 Å². The predicted octanol–water partition coefficient (Wildman–Crippen LogP) is 8.07. The van der Waals surface area contributed by atoms with Gasteiger partial charge in [0.15, 0.2) is 0 Å². The van der Waals surface area contributed by atoms with E-state index in [0.29, 0.717) is 38.0 Å². The zero-order chi connectivity index (χ0) is 22.8. The lowest BCUT2D eigenvalue weighted by Gasteiger charge is -2.12. The van der Waals surface area contributed by atoms with Gasteiger partial charge in [-0.2, -0.15) is 0 Å². The molecule has 0 spiro atoms. The van der Waals surface area contributed by atoms with Crippen LogP contribution >= 0.6 is 69.2 Å². The van der Waals surface area contributed by atoms with Crippen LogP contribution in [0.1, 0.15) is 11.1 Å². The number of carbonyl (C=O) groups excluding carboxylic acids is 2. The van der Waals surface area contributed by atoms with Crippen molar-refractivity contribution >= 4 is 92.1 Å². The summed E-state index contributed by atoms with van der Waals surface area (Å²) in [5, 5.41) is 1.06. The van der Waals surface area contributed by atoms with Gasteiger partial charge < -0.3 is 4.74 Å². The van der Waals surface area contributed by atoms with Crippen LogP contribution in [0.15, 0.2) is 65.6 Å². The van der Waals surface area contributed by atoms with E-state index in [1.807, 2.05) is 24.3 Å². The highest BCUT2D eigenvalue weighted by molar-refractivity contribution is 14.1. The molecular formula is C23H13Cl3INO3S. The summed E-state index contributed by atoms with van der Waals surface area (Å²) in [6.45, 7) is 0.338. The molecule has 0 unspecified atom stereocenters. The maximum absolute atomic E-state index is 12.8. The Morgan fingerprint density at radius 1 is 0.969 bits per heavy atom. The first kappa shape index (κ1) is 23.4. The second-order valence-electron chi connectivity index (χ2n) is 6.72. The zero-order valence-corrected chi connectivity index (χ0v) is 21.4. The monoisotopic (exact) mass is 615 g/mol. The van der Waals surface area contributed by atoms with Crippen molar-refractivity contribution in [2.45, 2.75) is 6.61 Å². The van der Waals surface area contributed by atoms with Gasteiger partial charge in [-0.1, -0.05) is 53.0 Å². The van der Waals surface area contributed by atoms with Gasteiger partial charge in [0.05, 0.1) is 24.2 Å². The molecule has 0 atom stereocenters. The van der Waals surface area contributed by atoms with E-state index < -0.39 is 0 Å². The molecule has 162 valence electrons. The van der Waals surface area contributed by atoms with E-state index in [1.54, 1.807) is 42.5 Å². The highest BCUT2D eigenvalue weighted by Gasteiger charge is 2.36. The Hall–Kier alpha value is -1.71. The summed E-state index contributed by atoms with van der Waals surface area (Å²) in [6.07, 6.45) is 1.69. The minimum atomic E-state index is -0.378. The third-order valence-corrected chi connectivity index (χ3v) is 7.18. The van der Waals surface area contributed by atoms with Crippen molar-refractivity contribution in [2.75, 3.05) is 4.90 Å². The SMILES string of the molecule is O=C1S/C(=C/c2ccc(OCc3ccc(Cl)c(Cl)c3)c(I)c2)C(=O)N1c1cccc(Cl)c1. The first-order valence-corrected chi connectivity index (χ1v) is 12.2. The standard InChI is InChI=1S/C23H13Cl3INO3S/c24-15-2-1-3-16(11-15)28-22(29)21(32-23(28)30)10-13-5-7-20(19(27)9-13)31-12-14-4-6-17(25)18(26)8-14/h1-11H,12H2/b21-10+. The van der Waals surface area contributed by atoms with Gasteiger partial charge >= 0.3 is 0 Å². The second kappa shape index (κ2) is 10.1. The summed E-state index contributed by atoms with van der Waals surface area (Å²) >= 11 is 21.1. The van der Waals surface area contributed by atoms with Gasteiger partial charge in [-0.3, -0.25) is 9.59 Å². The molecular weight excluding hydrogens is 604 g/mol. The molecule has 9 heteroatoms. The number of hydrogen-bond donors (Lipinski definition) is 0. The third-order valence-electron chi connectivity index (χ3n) is 4.49. The minimum absolute atomic E-state index is 0.338. The molecule has 0 radical (unpaired) electrons. The lowest BCUT2D eigenvalue weighted by atomic mass is 10.2. The molecule has 4 rings (SSSR count). The fraction of sp³-hybridized carbons (Fsp3) is 0.0435. The molecule has 0 bridgehead atoms. The first-order valence-electron chi connectivity index (χ1n) is 9.21. The van der Waals surface area contributed by atoms with Gasteiger partial charge in [-0.15, -0.1) is 0 Å². The number of imide groups is 1. The van der Waals surface area contributed by atoms with E-state index in [1.165, 1.54) is 0 Å². The Labute approximate surface area is 217 Å². The second-order valence-corrected chi connectivity index (χ2v) is 10.1. The lowest BCUT2D eigenvalue weighted by Crippen LogP contribution is -2.27.